The highest BCUT2D eigenvalue weighted by molar-refractivity contribution is 9.10. The summed E-state index contributed by atoms with van der Waals surface area (Å²) >= 11 is 3.47. The summed E-state index contributed by atoms with van der Waals surface area (Å²) < 4.78 is 6.16. The van der Waals surface area contributed by atoms with Gasteiger partial charge in [0.15, 0.2) is 0 Å². The van der Waals surface area contributed by atoms with Gasteiger partial charge in [0, 0.05) is 12.2 Å². The molecule has 4 heteroatoms. The molecule has 1 aromatic rings. The Morgan fingerprint density at radius 2 is 2.12 bits per heavy atom. The molecule has 0 spiro atoms. The van der Waals surface area contributed by atoms with E-state index in [9.17, 15) is 0 Å². The average molecular weight is 287 g/mol. The molecular formula is C12H19BrN2O. The van der Waals surface area contributed by atoms with E-state index in [1.54, 1.807) is 7.11 Å². The van der Waals surface area contributed by atoms with Gasteiger partial charge in [0.25, 0.3) is 0 Å². The van der Waals surface area contributed by atoms with Gasteiger partial charge in [0.1, 0.15) is 5.75 Å². The first-order chi connectivity index (χ1) is 7.63. The largest absolute Gasteiger partial charge is 0.496 e. The van der Waals surface area contributed by atoms with Crippen LogP contribution in [0.15, 0.2) is 22.7 Å². The third-order valence-electron chi connectivity index (χ3n) is 2.26. The van der Waals surface area contributed by atoms with Crippen molar-refractivity contribution in [3.63, 3.8) is 0 Å². The average Bonchev–Trinajstić information content (AvgIpc) is 2.24. The molecule has 1 rings (SSSR count). The van der Waals surface area contributed by atoms with Crippen molar-refractivity contribution in [2.75, 3.05) is 39.6 Å². The van der Waals surface area contributed by atoms with E-state index >= 15 is 0 Å². The first-order valence-electron chi connectivity index (χ1n) is 5.35. The van der Waals surface area contributed by atoms with E-state index in [0.717, 1.165) is 35.4 Å². The number of anilines is 1. The van der Waals surface area contributed by atoms with Crippen molar-refractivity contribution in [2.24, 2.45) is 0 Å². The Morgan fingerprint density at radius 1 is 1.38 bits per heavy atom. The van der Waals surface area contributed by atoms with Crippen LogP contribution >= 0.6 is 15.9 Å². The van der Waals surface area contributed by atoms with Gasteiger partial charge in [-0.1, -0.05) is 0 Å². The lowest BCUT2D eigenvalue weighted by Gasteiger charge is -2.11. The lowest BCUT2D eigenvalue weighted by atomic mass is 10.3. The molecule has 90 valence electrons. The Hall–Kier alpha value is -0.740. The molecule has 0 bridgehead atoms. The predicted octanol–water partition coefficient (Wildman–Crippen LogP) is 2.82. The van der Waals surface area contributed by atoms with E-state index in [4.69, 9.17) is 4.74 Å². The van der Waals surface area contributed by atoms with E-state index in [1.807, 2.05) is 18.2 Å². The second kappa shape index (κ2) is 6.76. The molecule has 0 amide bonds. The fourth-order valence-electron chi connectivity index (χ4n) is 1.40. The van der Waals surface area contributed by atoms with Crippen LogP contribution in [0.3, 0.4) is 0 Å². The summed E-state index contributed by atoms with van der Waals surface area (Å²) in [4.78, 5) is 2.19. The Bertz CT molecular complexity index is 329. The summed E-state index contributed by atoms with van der Waals surface area (Å²) in [6.07, 6.45) is 1.14. The highest BCUT2D eigenvalue weighted by Crippen LogP contribution is 2.27. The summed E-state index contributed by atoms with van der Waals surface area (Å²) in [6, 6.07) is 6.02. The minimum atomic E-state index is 0.860. The van der Waals surface area contributed by atoms with Crippen LogP contribution in [0.5, 0.6) is 5.75 Å². The molecule has 0 aliphatic carbocycles. The quantitative estimate of drug-likeness (QED) is 0.814. The molecule has 0 atom stereocenters. The van der Waals surface area contributed by atoms with E-state index in [2.05, 4.69) is 40.2 Å². The minimum Gasteiger partial charge on any atom is -0.496 e. The fraction of sp³-hybridized carbons (Fsp3) is 0.500. The van der Waals surface area contributed by atoms with Crippen molar-refractivity contribution >= 4 is 21.6 Å². The molecule has 0 aliphatic rings. The first-order valence-corrected chi connectivity index (χ1v) is 6.15. The van der Waals surface area contributed by atoms with E-state index in [0.29, 0.717) is 0 Å². The smallest absolute Gasteiger partial charge is 0.133 e. The van der Waals surface area contributed by atoms with Gasteiger partial charge in [-0.3, -0.25) is 0 Å². The Balaban J connectivity index is 2.40. The summed E-state index contributed by atoms with van der Waals surface area (Å²) in [7, 11) is 5.85. The van der Waals surface area contributed by atoms with Gasteiger partial charge in [-0.15, -0.1) is 0 Å². The zero-order valence-electron chi connectivity index (χ0n) is 10.1. The zero-order chi connectivity index (χ0) is 12.0. The maximum Gasteiger partial charge on any atom is 0.133 e. The van der Waals surface area contributed by atoms with Crippen LogP contribution in [-0.2, 0) is 0 Å². The summed E-state index contributed by atoms with van der Waals surface area (Å²) in [6.45, 7) is 2.08. The molecule has 0 unspecified atom stereocenters. The second-order valence-corrected chi connectivity index (χ2v) is 4.79. The lowest BCUT2D eigenvalue weighted by molar-refractivity contribution is 0.405. The summed E-state index contributed by atoms with van der Waals surface area (Å²) in [5.41, 5.74) is 1.12. The van der Waals surface area contributed by atoms with Gasteiger partial charge in [-0.2, -0.15) is 0 Å². The zero-order valence-corrected chi connectivity index (χ0v) is 11.7. The normalized spacial score (nSPS) is 10.6. The molecule has 0 heterocycles. The molecule has 0 saturated carbocycles. The SMILES string of the molecule is COc1ccc(NCCCN(C)C)cc1Br. The maximum atomic E-state index is 5.18. The monoisotopic (exact) mass is 286 g/mol. The molecule has 0 fully saturated rings. The number of hydrogen-bond donors (Lipinski definition) is 1. The van der Waals surface area contributed by atoms with Crippen LogP contribution < -0.4 is 10.1 Å². The molecule has 0 saturated heterocycles. The summed E-state index contributed by atoms with van der Waals surface area (Å²) in [5.74, 6) is 0.860. The van der Waals surface area contributed by atoms with Gasteiger partial charge >= 0.3 is 0 Å². The van der Waals surface area contributed by atoms with Crippen molar-refractivity contribution in [3.8, 4) is 5.75 Å². The van der Waals surface area contributed by atoms with Gasteiger partial charge < -0.3 is 15.0 Å². The highest BCUT2D eigenvalue weighted by Gasteiger charge is 2.00. The molecule has 0 aliphatic heterocycles. The fourth-order valence-corrected chi connectivity index (χ4v) is 1.95. The highest BCUT2D eigenvalue weighted by atomic mass is 79.9. The third kappa shape index (κ3) is 4.41. The summed E-state index contributed by atoms with van der Waals surface area (Å²) in [5, 5.41) is 3.38. The van der Waals surface area contributed by atoms with Crippen LogP contribution in [0.2, 0.25) is 0 Å². The Morgan fingerprint density at radius 3 is 2.69 bits per heavy atom. The minimum absolute atomic E-state index is 0.860. The number of hydrogen-bond acceptors (Lipinski definition) is 3. The van der Waals surface area contributed by atoms with Crippen LogP contribution in [0.1, 0.15) is 6.42 Å². The van der Waals surface area contributed by atoms with Crippen molar-refractivity contribution in [2.45, 2.75) is 6.42 Å². The Kier molecular flexibility index (Phi) is 5.63. The number of halogens is 1. The third-order valence-corrected chi connectivity index (χ3v) is 2.88. The van der Waals surface area contributed by atoms with Gasteiger partial charge in [-0.05, 0) is 61.2 Å². The van der Waals surface area contributed by atoms with Crippen molar-refractivity contribution in [1.82, 2.24) is 4.90 Å². The molecule has 0 radical (unpaired) electrons. The van der Waals surface area contributed by atoms with Crippen LogP contribution in [0, 0.1) is 0 Å². The van der Waals surface area contributed by atoms with Crippen molar-refractivity contribution in [3.05, 3.63) is 22.7 Å². The van der Waals surface area contributed by atoms with Crippen LogP contribution in [0.4, 0.5) is 5.69 Å². The molecule has 16 heavy (non-hydrogen) atoms. The van der Waals surface area contributed by atoms with Crippen molar-refractivity contribution in [1.29, 1.82) is 0 Å². The number of benzene rings is 1. The van der Waals surface area contributed by atoms with Gasteiger partial charge in [0.05, 0.1) is 11.6 Å². The van der Waals surface area contributed by atoms with E-state index in [1.165, 1.54) is 0 Å². The van der Waals surface area contributed by atoms with E-state index in [-0.39, 0.29) is 0 Å². The van der Waals surface area contributed by atoms with Crippen LogP contribution in [-0.4, -0.2) is 39.2 Å². The van der Waals surface area contributed by atoms with Gasteiger partial charge in [-0.25, -0.2) is 0 Å². The first kappa shape index (κ1) is 13.3. The van der Waals surface area contributed by atoms with Gasteiger partial charge in [0.2, 0.25) is 0 Å². The lowest BCUT2D eigenvalue weighted by Crippen LogP contribution is -2.16. The number of nitrogens with zero attached hydrogens (tertiary/aromatic N) is 1. The van der Waals surface area contributed by atoms with Crippen LogP contribution in [0.25, 0.3) is 0 Å². The number of ether oxygens (including phenoxy) is 1. The second-order valence-electron chi connectivity index (χ2n) is 3.93. The number of methoxy groups -OCH3 is 1. The van der Waals surface area contributed by atoms with Crippen molar-refractivity contribution < 1.29 is 4.74 Å². The topological polar surface area (TPSA) is 24.5 Å². The molecule has 1 N–H and O–H groups in total. The molecule has 1 aromatic carbocycles. The number of nitrogens with one attached hydrogen (secondary N) is 1. The molecule has 3 nitrogen and oxygen atoms in total. The predicted molar refractivity (Wildman–Crippen MR) is 72.4 cm³/mol. The standard InChI is InChI=1S/C12H19BrN2O/c1-15(2)8-4-7-14-10-5-6-12(16-3)11(13)9-10/h5-6,9,14H,4,7-8H2,1-3H3. The molecular weight excluding hydrogens is 268 g/mol. The molecule has 0 aromatic heterocycles. The van der Waals surface area contributed by atoms with E-state index < -0.39 is 0 Å². The Labute approximate surface area is 106 Å². The maximum absolute atomic E-state index is 5.18. The number of rotatable bonds is 6.